The predicted molar refractivity (Wildman–Crippen MR) is 77.9 cm³/mol. The van der Waals surface area contributed by atoms with E-state index in [0.29, 0.717) is 12.1 Å². The van der Waals surface area contributed by atoms with E-state index in [2.05, 4.69) is 4.74 Å². The third-order valence-corrected chi connectivity index (χ3v) is 3.30. The molecule has 2 rings (SSSR count). The molecule has 0 aliphatic heterocycles. The molecular formula is C14H9F3N4O4. The van der Waals surface area contributed by atoms with Gasteiger partial charge in [-0.15, -0.1) is 0 Å². The molecule has 130 valence electrons. The number of hydrogen-bond donors (Lipinski definition) is 1. The Labute approximate surface area is 138 Å². The summed E-state index contributed by atoms with van der Waals surface area (Å²) >= 11 is 0. The number of nitro groups is 1. The molecule has 8 nitrogen and oxygen atoms in total. The molecule has 1 aromatic carbocycles. The summed E-state index contributed by atoms with van der Waals surface area (Å²) in [5, 5.41) is 20.2. The van der Waals surface area contributed by atoms with Crippen LogP contribution >= 0.6 is 0 Å². The minimum Gasteiger partial charge on any atom is -0.464 e. The highest BCUT2D eigenvalue weighted by Gasteiger charge is 2.34. The van der Waals surface area contributed by atoms with Crippen molar-refractivity contribution in [3.05, 3.63) is 51.3 Å². The smallest absolute Gasteiger partial charge is 0.416 e. The molecule has 0 saturated heterocycles. The average Bonchev–Trinajstić information content (AvgIpc) is 2.89. The topological polar surface area (TPSA) is 124 Å². The number of benzene rings is 1. The molecule has 11 heteroatoms. The van der Waals surface area contributed by atoms with Crippen molar-refractivity contribution >= 4 is 17.3 Å². The average molecular weight is 354 g/mol. The number of hydrogen-bond acceptors (Lipinski definition) is 6. The zero-order valence-electron chi connectivity index (χ0n) is 12.5. The Kier molecular flexibility index (Phi) is 4.38. The van der Waals surface area contributed by atoms with Crippen LogP contribution in [0.1, 0.15) is 21.6 Å². The van der Waals surface area contributed by atoms with Gasteiger partial charge in [0.05, 0.1) is 28.8 Å². The van der Waals surface area contributed by atoms with Crippen LogP contribution in [0.2, 0.25) is 0 Å². The van der Waals surface area contributed by atoms with Crippen molar-refractivity contribution in [1.29, 1.82) is 5.26 Å². The molecule has 0 fully saturated rings. The molecule has 0 saturated carbocycles. The minimum atomic E-state index is -4.79. The van der Waals surface area contributed by atoms with Crippen LogP contribution in [0.4, 0.5) is 24.5 Å². The molecule has 2 N–H and O–H groups in total. The predicted octanol–water partition coefficient (Wildman–Crippen LogP) is 2.64. The van der Waals surface area contributed by atoms with Crippen molar-refractivity contribution in [2.45, 2.75) is 6.18 Å². The Morgan fingerprint density at radius 2 is 2.08 bits per heavy atom. The number of nitrogen functional groups attached to an aromatic ring is 1. The molecule has 0 radical (unpaired) electrons. The number of alkyl halides is 3. The molecule has 0 spiro atoms. The van der Waals surface area contributed by atoms with Gasteiger partial charge in [-0.25, -0.2) is 4.79 Å². The van der Waals surface area contributed by atoms with Gasteiger partial charge < -0.3 is 15.0 Å². The normalized spacial score (nSPS) is 11.0. The van der Waals surface area contributed by atoms with Gasteiger partial charge in [0.25, 0.3) is 5.69 Å². The zero-order valence-corrected chi connectivity index (χ0v) is 12.5. The maximum absolute atomic E-state index is 12.8. The lowest BCUT2D eigenvalue weighted by molar-refractivity contribution is -0.384. The number of aromatic nitrogens is 1. The fourth-order valence-electron chi connectivity index (χ4n) is 2.15. The summed E-state index contributed by atoms with van der Waals surface area (Å²) in [7, 11) is 1.02. The van der Waals surface area contributed by atoms with Crippen molar-refractivity contribution in [2.75, 3.05) is 12.8 Å². The summed E-state index contributed by atoms with van der Waals surface area (Å²) in [4.78, 5) is 22.0. The number of nitro benzene ring substituents is 1. The van der Waals surface area contributed by atoms with Gasteiger partial charge >= 0.3 is 12.1 Å². The first-order valence-electron chi connectivity index (χ1n) is 6.47. The number of ether oxygens (including phenoxy) is 1. The van der Waals surface area contributed by atoms with E-state index in [1.165, 1.54) is 0 Å². The quantitative estimate of drug-likeness (QED) is 0.513. The molecule has 0 amide bonds. The van der Waals surface area contributed by atoms with E-state index in [9.17, 15) is 28.1 Å². The van der Waals surface area contributed by atoms with E-state index in [1.807, 2.05) is 0 Å². The Bertz CT molecular complexity index is 912. The van der Waals surface area contributed by atoms with Crippen molar-refractivity contribution < 1.29 is 27.6 Å². The SMILES string of the molecule is COC(=O)c1c(N)c(C#N)cn1-c1ccc(C(F)(F)F)cc1[N+](=O)[O-]. The van der Waals surface area contributed by atoms with Gasteiger partial charge in [-0.3, -0.25) is 10.1 Å². The second kappa shape index (κ2) is 6.16. The minimum absolute atomic E-state index is 0.186. The number of nitrogens with two attached hydrogens (primary N) is 1. The van der Waals surface area contributed by atoms with Crippen LogP contribution in [0.15, 0.2) is 24.4 Å². The highest BCUT2D eigenvalue weighted by Crippen LogP contribution is 2.36. The number of halogens is 3. The lowest BCUT2D eigenvalue weighted by Crippen LogP contribution is -2.13. The highest BCUT2D eigenvalue weighted by atomic mass is 19.4. The van der Waals surface area contributed by atoms with Crippen LogP contribution < -0.4 is 5.73 Å². The van der Waals surface area contributed by atoms with E-state index in [0.717, 1.165) is 23.9 Å². The molecule has 0 aliphatic rings. The Morgan fingerprint density at radius 3 is 2.56 bits per heavy atom. The highest BCUT2D eigenvalue weighted by molar-refractivity contribution is 5.96. The van der Waals surface area contributed by atoms with E-state index in [4.69, 9.17) is 11.0 Å². The standard InChI is InChI=1S/C14H9F3N4O4/c1-25-13(22)12-11(19)7(5-18)6-20(12)9-3-2-8(14(15,16)17)4-10(9)21(23)24/h2-4,6H,19H2,1H3. The summed E-state index contributed by atoms with van der Waals surface area (Å²) in [5.74, 6) is -1.01. The number of nitriles is 1. The van der Waals surface area contributed by atoms with Gasteiger partial charge in [-0.2, -0.15) is 18.4 Å². The summed E-state index contributed by atoms with van der Waals surface area (Å²) < 4.78 is 43.7. The molecule has 0 bridgehead atoms. The summed E-state index contributed by atoms with van der Waals surface area (Å²) in [6.45, 7) is 0. The number of carbonyl (C=O) groups is 1. The second-order valence-electron chi connectivity index (χ2n) is 4.74. The van der Waals surface area contributed by atoms with Crippen molar-refractivity contribution in [2.24, 2.45) is 0 Å². The van der Waals surface area contributed by atoms with E-state index < -0.39 is 34.0 Å². The Hall–Kier alpha value is -3.55. The van der Waals surface area contributed by atoms with E-state index in [1.54, 1.807) is 6.07 Å². The summed E-state index contributed by atoms with van der Waals surface area (Å²) in [5.41, 5.74) is 2.25. The first kappa shape index (κ1) is 17.8. The molecule has 1 heterocycles. The van der Waals surface area contributed by atoms with Crippen LogP contribution in [0.5, 0.6) is 0 Å². The largest absolute Gasteiger partial charge is 0.464 e. The number of esters is 1. The van der Waals surface area contributed by atoms with Crippen molar-refractivity contribution in [3.63, 3.8) is 0 Å². The van der Waals surface area contributed by atoms with E-state index in [-0.39, 0.29) is 16.9 Å². The monoisotopic (exact) mass is 354 g/mol. The molecule has 0 aliphatic carbocycles. The second-order valence-corrected chi connectivity index (χ2v) is 4.74. The van der Waals surface area contributed by atoms with Gasteiger partial charge in [0.1, 0.15) is 11.8 Å². The third kappa shape index (κ3) is 3.09. The summed E-state index contributed by atoms with van der Waals surface area (Å²) in [6, 6.07) is 3.45. The number of nitrogens with zero attached hydrogens (tertiary/aromatic N) is 3. The fraction of sp³-hybridized carbons (Fsp3) is 0.143. The van der Waals surface area contributed by atoms with Gasteiger partial charge in [0.15, 0.2) is 5.69 Å². The van der Waals surface area contributed by atoms with Gasteiger partial charge in [-0.05, 0) is 12.1 Å². The lowest BCUT2D eigenvalue weighted by Gasteiger charge is -2.11. The van der Waals surface area contributed by atoms with Crippen molar-refractivity contribution in [3.8, 4) is 11.8 Å². The molecule has 25 heavy (non-hydrogen) atoms. The van der Waals surface area contributed by atoms with Crippen LogP contribution in [0.3, 0.4) is 0 Å². The Balaban J connectivity index is 2.81. The zero-order chi connectivity index (χ0) is 18.9. The maximum atomic E-state index is 12.8. The fourth-order valence-corrected chi connectivity index (χ4v) is 2.15. The third-order valence-electron chi connectivity index (χ3n) is 3.30. The first-order chi connectivity index (χ1) is 11.6. The number of anilines is 1. The first-order valence-corrected chi connectivity index (χ1v) is 6.47. The molecule has 2 aromatic rings. The molecule has 1 aromatic heterocycles. The van der Waals surface area contributed by atoms with Crippen LogP contribution in [0, 0.1) is 21.4 Å². The van der Waals surface area contributed by atoms with Crippen LogP contribution in [0.25, 0.3) is 5.69 Å². The number of rotatable bonds is 3. The van der Waals surface area contributed by atoms with Crippen LogP contribution in [-0.2, 0) is 10.9 Å². The maximum Gasteiger partial charge on any atom is 0.416 e. The molecular weight excluding hydrogens is 345 g/mol. The number of methoxy groups -OCH3 is 1. The Morgan fingerprint density at radius 1 is 1.44 bits per heavy atom. The van der Waals surface area contributed by atoms with Gasteiger partial charge in [-0.1, -0.05) is 0 Å². The molecule has 0 atom stereocenters. The lowest BCUT2D eigenvalue weighted by atomic mass is 10.1. The molecule has 0 unspecified atom stereocenters. The van der Waals surface area contributed by atoms with Gasteiger partial charge in [0.2, 0.25) is 0 Å². The van der Waals surface area contributed by atoms with E-state index >= 15 is 0 Å². The number of carbonyl (C=O) groups excluding carboxylic acids is 1. The van der Waals surface area contributed by atoms with Crippen molar-refractivity contribution in [1.82, 2.24) is 4.57 Å². The van der Waals surface area contributed by atoms with Crippen LogP contribution in [-0.4, -0.2) is 22.6 Å². The van der Waals surface area contributed by atoms with Gasteiger partial charge in [0, 0.05) is 12.3 Å². The summed E-state index contributed by atoms with van der Waals surface area (Å²) in [6.07, 6.45) is -3.78.